The molecular weight excluding hydrogens is 377 g/mol. The van der Waals surface area contributed by atoms with Crippen molar-refractivity contribution in [2.75, 3.05) is 4.90 Å². The van der Waals surface area contributed by atoms with Gasteiger partial charge in [0, 0.05) is 16.3 Å². The molecule has 140 valence electrons. The highest BCUT2D eigenvalue weighted by Gasteiger charge is 2.42. The van der Waals surface area contributed by atoms with Crippen molar-refractivity contribution < 1.29 is 14.3 Å². The highest BCUT2D eigenvalue weighted by molar-refractivity contribution is 6.32. The zero-order valence-corrected chi connectivity index (χ0v) is 15.8. The predicted molar refractivity (Wildman–Crippen MR) is 109 cm³/mol. The van der Waals surface area contributed by atoms with Crippen LogP contribution in [0.1, 0.15) is 22.7 Å². The zero-order chi connectivity index (χ0) is 19.8. The minimum absolute atomic E-state index is 0.335. The van der Waals surface area contributed by atoms with Crippen LogP contribution >= 0.6 is 11.6 Å². The van der Waals surface area contributed by atoms with Crippen LogP contribution < -0.4 is 4.90 Å². The minimum Gasteiger partial charge on any atom is -0.503 e. The third-order valence-electron chi connectivity index (χ3n) is 4.88. The summed E-state index contributed by atoms with van der Waals surface area (Å²) in [5.74, 6) is -1.29. The Labute approximate surface area is 167 Å². The quantitative estimate of drug-likeness (QED) is 0.606. The van der Waals surface area contributed by atoms with Crippen molar-refractivity contribution in [3.05, 3.63) is 106 Å². The summed E-state index contributed by atoms with van der Waals surface area (Å²) in [6.07, 6.45) is 0. The number of carbonyl (C=O) groups excluding carboxylic acids is 1. The number of aliphatic hydroxyl groups is 1. The Morgan fingerprint density at radius 2 is 1.61 bits per heavy atom. The maximum atomic E-state index is 13.4. The third-order valence-corrected chi connectivity index (χ3v) is 5.22. The molecule has 1 aliphatic heterocycles. The Kier molecular flexibility index (Phi) is 4.65. The van der Waals surface area contributed by atoms with Gasteiger partial charge in [-0.15, -0.1) is 0 Å². The SMILES string of the molecule is Cc1ccc(C2=C(O)C(=O)N(c3ccc(F)cc3)[C@@H]2c2ccccc2Cl)cc1. The number of rotatable bonds is 3. The number of benzene rings is 3. The maximum Gasteiger partial charge on any atom is 0.294 e. The van der Waals surface area contributed by atoms with Gasteiger partial charge in [-0.05, 0) is 48.4 Å². The number of aryl methyl sites for hydroxylation is 1. The van der Waals surface area contributed by atoms with E-state index in [-0.39, 0.29) is 5.76 Å². The summed E-state index contributed by atoms with van der Waals surface area (Å²) >= 11 is 6.45. The molecule has 0 bridgehead atoms. The van der Waals surface area contributed by atoms with Gasteiger partial charge >= 0.3 is 0 Å². The van der Waals surface area contributed by atoms with E-state index in [0.717, 1.165) is 11.1 Å². The van der Waals surface area contributed by atoms with Gasteiger partial charge in [-0.2, -0.15) is 0 Å². The first kappa shape index (κ1) is 18.3. The summed E-state index contributed by atoms with van der Waals surface area (Å²) in [6.45, 7) is 1.97. The molecule has 0 saturated carbocycles. The molecule has 0 saturated heterocycles. The van der Waals surface area contributed by atoms with E-state index in [1.54, 1.807) is 12.1 Å². The lowest BCUT2D eigenvalue weighted by Gasteiger charge is -2.28. The minimum atomic E-state index is -0.630. The number of hydrogen-bond acceptors (Lipinski definition) is 2. The molecule has 3 aromatic rings. The fraction of sp³-hybridized carbons (Fsp3) is 0.0870. The van der Waals surface area contributed by atoms with E-state index < -0.39 is 17.8 Å². The van der Waals surface area contributed by atoms with Gasteiger partial charge in [-0.1, -0.05) is 59.6 Å². The summed E-state index contributed by atoms with van der Waals surface area (Å²) in [5.41, 5.74) is 3.43. The van der Waals surface area contributed by atoms with Gasteiger partial charge < -0.3 is 5.11 Å². The molecule has 3 nitrogen and oxygen atoms in total. The van der Waals surface area contributed by atoms with Crippen LogP contribution in [0.15, 0.2) is 78.6 Å². The van der Waals surface area contributed by atoms with Crippen molar-refractivity contribution in [3.8, 4) is 0 Å². The van der Waals surface area contributed by atoms with E-state index in [4.69, 9.17) is 11.6 Å². The lowest BCUT2D eigenvalue weighted by molar-refractivity contribution is -0.117. The molecule has 28 heavy (non-hydrogen) atoms. The van der Waals surface area contributed by atoms with E-state index in [9.17, 15) is 14.3 Å². The van der Waals surface area contributed by atoms with Crippen molar-refractivity contribution in [2.45, 2.75) is 13.0 Å². The van der Waals surface area contributed by atoms with Gasteiger partial charge in [0.15, 0.2) is 5.76 Å². The van der Waals surface area contributed by atoms with Gasteiger partial charge in [0.1, 0.15) is 5.82 Å². The highest BCUT2D eigenvalue weighted by atomic mass is 35.5. The molecule has 1 atom stereocenters. The molecule has 0 aromatic heterocycles. The van der Waals surface area contributed by atoms with Gasteiger partial charge in [0.25, 0.3) is 5.91 Å². The van der Waals surface area contributed by atoms with Crippen LogP contribution in [-0.2, 0) is 4.79 Å². The second kappa shape index (κ2) is 7.13. The van der Waals surface area contributed by atoms with E-state index >= 15 is 0 Å². The molecule has 0 radical (unpaired) electrons. The van der Waals surface area contributed by atoms with Crippen LogP contribution in [0.4, 0.5) is 10.1 Å². The third kappa shape index (κ3) is 3.06. The Morgan fingerprint density at radius 3 is 2.25 bits per heavy atom. The normalized spacial score (nSPS) is 16.8. The zero-order valence-electron chi connectivity index (χ0n) is 15.1. The standard InChI is InChI=1S/C23H17ClFNO2/c1-14-6-8-15(9-7-14)20-21(18-4-2-3-5-19(18)24)26(23(28)22(20)27)17-12-10-16(25)11-13-17/h2-13,21,27H,1H3/t21-/m1/s1. The first-order valence-electron chi connectivity index (χ1n) is 8.81. The second-order valence-electron chi connectivity index (χ2n) is 6.70. The number of carbonyl (C=O) groups is 1. The Morgan fingerprint density at radius 1 is 0.964 bits per heavy atom. The fourth-order valence-electron chi connectivity index (χ4n) is 3.49. The van der Waals surface area contributed by atoms with Crippen LogP contribution in [0.25, 0.3) is 5.57 Å². The smallest absolute Gasteiger partial charge is 0.294 e. The number of halogens is 2. The summed E-state index contributed by atoms with van der Waals surface area (Å²) in [6, 6.07) is 19.7. The van der Waals surface area contributed by atoms with Crippen LogP contribution in [0.5, 0.6) is 0 Å². The van der Waals surface area contributed by atoms with E-state index in [0.29, 0.717) is 21.8 Å². The van der Waals surface area contributed by atoms with Crippen LogP contribution in [0, 0.1) is 12.7 Å². The second-order valence-corrected chi connectivity index (χ2v) is 7.11. The van der Waals surface area contributed by atoms with Gasteiger partial charge in [0.2, 0.25) is 0 Å². The first-order valence-corrected chi connectivity index (χ1v) is 9.19. The maximum absolute atomic E-state index is 13.4. The molecule has 0 unspecified atom stereocenters. The predicted octanol–water partition coefficient (Wildman–Crippen LogP) is 5.84. The van der Waals surface area contributed by atoms with Gasteiger partial charge in [-0.3, -0.25) is 9.69 Å². The summed E-state index contributed by atoms with van der Waals surface area (Å²) in [7, 11) is 0. The number of amides is 1. The molecule has 1 heterocycles. The summed E-state index contributed by atoms with van der Waals surface area (Å²) < 4.78 is 13.4. The lowest BCUT2D eigenvalue weighted by Crippen LogP contribution is -2.30. The average Bonchev–Trinajstić information content (AvgIpc) is 2.95. The molecule has 0 spiro atoms. The van der Waals surface area contributed by atoms with E-state index in [1.165, 1.54) is 29.2 Å². The molecule has 1 N–H and O–H groups in total. The van der Waals surface area contributed by atoms with Crippen LogP contribution in [-0.4, -0.2) is 11.0 Å². The summed E-state index contributed by atoms with van der Waals surface area (Å²) in [5, 5.41) is 11.2. The molecule has 1 amide bonds. The molecular formula is C23H17ClFNO2. The molecule has 1 aliphatic rings. The molecule has 5 heteroatoms. The number of aliphatic hydroxyl groups excluding tert-OH is 1. The van der Waals surface area contributed by atoms with Crippen molar-refractivity contribution in [2.24, 2.45) is 0 Å². The van der Waals surface area contributed by atoms with Crippen molar-refractivity contribution >= 4 is 28.8 Å². The van der Waals surface area contributed by atoms with Crippen molar-refractivity contribution in [1.82, 2.24) is 0 Å². The Hall–Kier alpha value is -3.11. The van der Waals surface area contributed by atoms with Crippen LogP contribution in [0.3, 0.4) is 0 Å². The van der Waals surface area contributed by atoms with Crippen molar-refractivity contribution in [1.29, 1.82) is 0 Å². The van der Waals surface area contributed by atoms with Crippen molar-refractivity contribution in [3.63, 3.8) is 0 Å². The monoisotopic (exact) mass is 393 g/mol. The Balaban J connectivity index is 1.93. The van der Waals surface area contributed by atoms with E-state index in [2.05, 4.69) is 0 Å². The number of anilines is 1. The topological polar surface area (TPSA) is 40.5 Å². The Bertz CT molecular complexity index is 1070. The lowest BCUT2D eigenvalue weighted by atomic mass is 9.93. The highest BCUT2D eigenvalue weighted by Crippen LogP contribution is 2.46. The largest absolute Gasteiger partial charge is 0.503 e. The summed E-state index contributed by atoms with van der Waals surface area (Å²) in [4.78, 5) is 14.5. The van der Waals surface area contributed by atoms with Crippen LogP contribution in [0.2, 0.25) is 5.02 Å². The molecule has 0 aliphatic carbocycles. The average molecular weight is 394 g/mol. The van der Waals surface area contributed by atoms with Gasteiger partial charge in [0.05, 0.1) is 6.04 Å². The molecule has 3 aromatic carbocycles. The first-order chi connectivity index (χ1) is 13.5. The van der Waals surface area contributed by atoms with E-state index in [1.807, 2.05) is 43.3 Å². The molecule has 4 rings (SSSR count). The fourth-order valence-corrected chi connectivity index (χ4v) is 3.73. The number of hydrogen-bond donors (Lipinski definition) is 1. The van der Waals surface area contributed by atoms with Gasteiger partial charge in [-0.25, -0.2) is 4.39 Å². The number of nitrogens with zero attached hydrogens (tertiary/aromatic N) is 1. The molecule has 0 fully saturated rings.